The maximum Gasteiger partial charge on any atom is 0.255 e. The Labute approximate surface area is 179 Å². The van der Waals surface area contributed by atoms with Gasteiger partial charge in [-0.1, -0.05) is 23.7 Å². The minimum Gasteiger partial charge on any atom is -0.323 e. The molecule has 0 spiro atoms. The van der Waals surface area contributed by atoms with E-state index >= 15 is 0 Å². The van der Waals surface area contributed by atoms with Gasteiger partial charge in [-0.2, -0.15) is 5.10 Å². The molecule has 2 amide bonds. The van der Waals surface area contributed by atoms with Crippen molar-refractivity contribution in [2.75, 3.05) is 10.6 Å². The van der Waals surface area contributed by atoms with E-state index in [1.165, 1.54) is 0 Å². The molecule has 0 radical (unpaired) electrons. The van der Waals surface area contributed by atoms with Gasteiger partial charge in [0.2, 0.25) is 5.91 Å². The number of carbonyl (C=O) groups excluding carboxylic acids is 3. The van der Waals surface area contributed by atoms with Gasteiger partial charge in [0.1, 0.15) is 12.3 Å². The first-order chi connectivity index (χ1) is 14.3. The summed E-state index contributed by atoms with van der Waals surface area (Å²) in [5, 5.41) is 10.2. The van der Waals surface area contributed by atoms with Crippen LogP contribution in [0.25, 0.3) is 0 Å². The lowest BCUT2D eigenvalue weighted by Crippen LogP contribution is -2.25. The smallest absolute Gasteiger partial charge is 0.255 e. The van der Waals surface area contributed by atoms with E-state index in [4.69, 9.17) is 11.6 Å². The fraction of sp³-hybridized carbons (Fsp3) is 0.182. The molecule has 1 unspecified atom stereocenters. The van der Waals surface area contributed by atoms with Crippen LogP contribution in [0.4, 0.5) is 11.4 Å². The van der Waals surface area contributed by atoms with Crippen LogP contribution in [-0.4, -0.2) is 27.9 Å². The molecule has 1 atom stereocenters. The number of nitrogens with zero attached hydrogens (tertiary/aromatic N) is 2. The number of hydrogen-bond acceptors (Lipinski definition) is 4. The molecular formula is C22H21ClN4O3. The molecule has 2 aromatic carbocycles. The molecule has 30 heavy (non-hydrogen) atoms. The molecule has 0 aliphatic carbocycles. The third-order valence-electron chi connectivity index (χ3n) is 4.58. The fourth-order valence-corrected chi connectivity index (χ4v) is 3.22. The van der Waals surface area contributed by atoms with Crippen LogP contribution >= 0.6 is 11.6 Å². The number of nitrogens with one attached hydrogen (secondary N) is 2. The van der Waals surface area contributed by atoms with Crippen LogP contribution in [-0.2, 0) is 4.79 Å². The van der Waals surface area contributed by atoms with Crippen molar-refractivity contribution in [2.45, 2.75) is 26.8 Å². The summed E-state index contributed by atoms with van der Waals surface area (Å²) in [4.78, 5) is 35.7. The lowest BCUT2D eigenvalue weighted by molar-refractivity contribution is -0.119. The number of aryl methyl sites for hydroxylation is 2. The van der Waals surface area contributed by atoms with E-state index in [1.807, 2.05) is 19.9 Å². The van der Waals surface area contributed by atoms with E-state index in [9.17, 15) is 14.4 Å². The first-order valence-electron chi connectivity index (χ1n) is 9.28. The second kappa shape index (κ2) is 8.92. The monoisotopic (exact) mass is 424 g/mol. The number of halogens is 1. The Morgan fingerprint density at radius 1 is 1.07 bits per heavy atom. The lowest BCUT2D eigenvalue weighted by Gasteiger charge is -2.16. The van der Waals surface area contributed by atoms with Gasteiger partial charge in [0.05, 0.1) is 16.4 Å². The van der Waals surface area contributed by atoms with Gasteiger partial charge in [0, 0.05) is 22.5 Å². The Hall–Kier alpha value is -3.45. The Morgan fingerprint density at radius 2 is 1.77 bits per heavy atom. The van der Waals surface area contributed by atoms with Crippen LogP contribution in [0.1, 0.15) is 45.1 Å². The normalized spacial score (nSPS) is 11.6. The van der Waals surface area contributed by atoms with E-state index in [-0.39, 0.29) is 16.8 Å². The Kier molecular flexibility index (Phi) is 6.32. The van der Waals surface area contributed by atoms with Crippen LogP contribution in [0.15, 0.2) is 48.5 Å². The molecule has 0 saturated carbocycles. The zero-order chi connectivity index (χ0) is 21.8. The molecule has 2 N–H and O–H groups in total. The number of anilines is 2. The van der Waals surface area contributed by atoms with E-state index in [0.29, 0.717) is 28.8 Å². The quantitative estimate of drug-likeness (QED) is 0.573. The Bertz CT molecular complexity index is 1110. The lowest BCUT2D eigenvalue weighted by atomic mass is 10.1. The molecule has 154 valence electrons. The van der Waals surface area contributed by atoms with Gasteiger partial charge < -0.3 is 10.6 Å². The number of hydrogen-bond donors (Lipinski definition) is 2. The molecule has 0 fully saturated rings. The number of amides is 2. The summed E-state index contributed by atoms with van der Waals surface area (Å²) in [5.41, 5.74) is 3.54. The summed E-state index contributed by atoms with van der Waals surface area (Å²) < 4.78 is 1.66. The molecule has 1 aromatic heterocycles. The van der Waals surface area contributed by atoms with Crippen molar-refractivity contribution in [3.63, 3.8) is 0 Å². The van der Waals surface area contributed by atoms with Crippen molar-refractivity contribution >= 4 is 41.1 Å². The van der Waals surface area contributed by atoms with Gasteiger partial charge in [0.25, 0.3) is 5.91 Å². The standard InChI is InChI=1S/C22H21ClN4O3/c1-13-10-14(2)27(26-13)15(3)21(29)25-20-9-8-18(11-19(20)23)24-22(30)17-6-4-16(12-28)5-7-17/h4-12,15H,1-3H3,(H,24,30)(H,25,29). The summed E-state index contributed by atoms with van der Waals surface area (Å²) in [6.07, 6.45) is 0.712. The zero-order valence-electron chi connectivity index (χ0n) is 16.8. The summed E-state index contributed by atoms with van der Waals surface area (Å²) in [6.45, 7) is 5.52. The highest BCUT2D eigenvalue weighted by molar-refractivity contribution is 6.34. The minimum absolute atomic E-state index is 0.254. The average molecular weight is 425 g/mol. The topological polar surface area (TPSA) is 93.1 Å². The molecule has 0 saturated heterocycles. The zero-order valence-corrected chi connectivity index (χ0v) is 17.5. The van der Waals surface area contributed by atoms with Crippen molar-refractivity contribution in [1.82, 2.24) is 9.78 Å². The summed E-state index contributed by atoms with van der Waals surface area (Å²) in [7, 11) is 0. The predicted molar refractivity (Wildman–Crippen MR) is 116 cm³/mol. The number of aldehydes is 1. The maximum absolute atomic E-state index is 12.6. The molecule has 1 heterocycles. The van der Waals surface area contributed by atoms with Crippen molar-refractivity contribution in [3.8, 4) is 0 Å². The third kappa shape index (κ3) is 4.75. The van der Waals surface area contributed by atoms with E-state index in [0.717, 1.165) is 11.4 Å². The highest BCUT2D eigenvalue weighted by Gasteiger charge is 2.19. The van der Waals surface area contributed by atoms with Crippen LogP contribution < -0.4 is 10.6 Å². The first-order valence-corrected chi connectivity index (χ1v) is 9.66. The number of aromatic nitrogens is 2. The highest BCUT2D eigenvalue weighted by atomic mass is 35.5. The van der Waals surface area contributed by atoms with Crippen LogP contribution in [0, 0.1) is 13.8 Å². The SMILES string of the molecule is Cc1cc(C)n(C(C)C(=O)Nc2ccc(NC(=O)c3ccc(C=O)cc3)cc2Cl)n1. The van der Waals surface area contributed by atoms with Gasteiger partial charge >= 0.3 is 0 Å². The Balaban J connectivity index is 1.68. The van der Waals surface area contributed by atoms with Gasteiger partial charge in [-0.15, -0.1) is 0 Å². The molecule has 8 heteroatoms. The summed E-state index contributed by atoms with van der Waals surface area (Å²) in [5.74, 6) is -0.589. The molecule has 0 aliphatic heterocycles. The molecule has 0 bridgehead atoms. The van der Waals surface area contributed by atoms with E-state index in [1.54, 1.807) is 54.1 Å². The van der Waals surface area contributed by atoms with Crippen molar-refractivity contribution < 1.29 is 14.4 Å². The third-order valence-corrected chi connectivity index (χ3v) is 4.90. The molecule has 7 nitrogen and oxygen atoms in total. The maximum atomic E-state index is 12.6. The first kappa shape index (κ1) is 21.3. The van der Waals surface area contributed by atoms with Gasteiger partial charge in [0.15, 0.2) is 0 Å². The predicted octanol–water partition coefficient (Wildman–Crippen LogP) is 4.42. The van der Waals surface area contributed by atoms with E-state index < -0.39 is 6.04 Å². The van der Waals surface area contributed by atoms with Crippen molar-refractivity contribution in [3.05, 3.63) is 76.1 Å². The van der Waals surface area contributed by atoms with Gasteiger partial charge in [-0.05, 0) is 57.2 Å². The van der Waals surface area contributed by atoms with Gasteiger partial charge in [-0.25, -0.2) is 0 Å². The summed E-state index contributed by atoms with van der Waals surface area (Å²) in [6, 6.07) is 12.5. The second-order valence-electron chi connectivity index (χ2n) is 6.93. The largest absolute Gasteiger partial charge is 0.323 e. The Morgan fingerprint density at radius 3 is 2.33 bits per heavy atom. The minimum atomic E-state index is -0.511. The fourth-order valence-electron chi connectivity index (χ4n) is 3.00. The van der Waals surface area contributed by atoms with Crippen molar-refractivity contribution in [2.24, 2.45) is 0 Å². The van der Waals surface area contributed by atoms with Crippen LogP contribution in [0.3, 0.4) is 0 Å². The van der Waals surface area contributed by atoms with E-state index in [2.05, 4.69) is 15.7 Å². The molecule has 3 rings (SSSR count). The molecule has 3 aromatic rings. The summed E-state index contributed by atoms with van der Waals surface area (Å²) >= 11 is 6.30. The van der Waals surface area contributed by atoms with Crippen LogP contribution in [0.5, 0.6) is 0 Å². The second-order valence-corrected chi connectivity index (χ2v) is 7.33. The number of carbonyl (C=O) groups is 3. The van der Waals surface area contributed by atoms with Crippen LogP contribution in [0.2, 0.25) is 5.02 Å². The number of rotatable bonds is 6. The molecule has 0 aliphatic rings. The highest BCUT2D eigenvalue weighted by Crippen LogP contribution is 2.27. The number of benzene rings is 2. The van der Waals surface area contributed by atoms with Gasteiger partial charge in [-0.3, -0.25) is 19.1 Å². The average Bonchev–Trinajstić information content (AvgIpc) is 3.07. The van der Waals surface area contributed by atoms with Crippen molar-refractivity contribution in [1.29, 1.82) is 0 Å². The molecular weight excluding hydrogens is 404 g/mol.